The van der Waals surface area contributed by atoms with Gasteiger partial charge in [-0.25, -0.2) is 8.42 Å². The van der Waals surface area contributed by atoms with Gasteiger partial charge >= 0.3 is 6.18 Å². The molecular formula is C32H35F3N2O5S. The molecule has 2 aliphatic rings. The molecule has 1 amide bonds. The third-order valence-electron chi connectivity index (χ3n) is 8.11. The summed E-state index contributed by atoms with van der Waals surface area (Å²) in [5, 5.41) is 2.87. The van der Waals surface area contributed by atoms with Crippen LogP contribution in [0.3, 0.4) is 0 Å². The van der Waals surface area contributed by atoms with E-state index in [-0.39, 0.29) is 41.2 Å². The lowest BCUT2D eigenvalue weighted by atomic mass is 9.95. The highest BCUT2D eigenvalue weighted by molar-refractivity contribution is 7.91. The molecule has 2 aliphatic heterocycles. The van der Waals surface area contributed by atoms with E-state index in [2.05, 4.69) is 10.2 Å². The Bertz CT molecular complexity index is 1490. The number of hydrogen-bond acceptors (Lipinski definition) is 6. The van der Waals surface area contributed by atoms with Crippen molar-refractivity contribution in [2.24, 2.45) is 0 Å². The van der Waals surface area contributed by atoms with Gasteiger partial charge in [0.25, 0.3) is 5.91 Å². The molecule has 5 rings (SSSR count). The fourth-order valence-electron chi connectivity index (χ4n) is 5.54. The Balaban J connectivity index is 1.25. The maximum Gasteiger partial charge on any atom is 0.416 e. The smallest absolute Gasteiger partial charge is 0.379 e. The van der Waals surface area contributed by atoms with Gasteiger partial charge in [0, 0.05) is 36.9 Å². The minimum Gasteiger partial charge on any atom is -0.379 e. The highest BCUT2D eigenvalue weighted by atomic mass is 32.2. The number of nitrogens with one attached hydrogen (secondary N) is 1. The van der Waals surface area contributed by atoms with Crippen molar-refractivity contribution in [3.63, 3.8) is 0 Å². The van der Waals surface area contributed by atoms with E-state index in [1.807, 2.05) is 12.1 Å². The Labute approximate surface area is 249 Å². The van der Waals surface area contributed by atoms with Gasteiger partial charge in [0.05, 0.1) is 41.6 Å². The van der Waals surface area contributed by atoms with Crippen molar-refractivity contribution in [1.82, 2.24) is 5.32 Å². The van der Waals surface area contributed by atoms with Crippen LogP contribution in [0, 0.1) is 0 Å². The van der Waals surface area contributed by atoms with E-state index in [9.17, 15) is 26.4 Å². The molecule has 0 spiro atoms. The van der Waals surface area contributed by atoms with Gasteiger partial charge in [-0.3, -0.25) is 4.79 Å². The normalized spacial score (nSPS) is 20.8. The summed E-state index contributed by atoms with van der Waals surface area (Å²) in [6, 6.07) is 19.1. The quantitative estimate of drug-likeness (QED) is 0.320. The Kier molecular flexibility index (Phi) is 9.43. The second-order valence-corrected chi connectivity index (χ2v) is 13.2. The van der Waals surface area contributed by atoms with Crippen LogP contribution in [0.4, 0.5) is 18.9 Å². The summed E-state index contributed by atoms with van der Waals surface area (Å²) >= 11 is 0. The molecule has 230 valence electrons. The van der Waals surface area contributed by atoms with E-state index in [0.717, 1.165) is 41.8 Å². The molecule has 3 atom stereocenters. The number of anilines is 1. The Hall–Kier alpha value is -3.41. The minimum atomic E-state index is -4.38. The van der Waals surface area contributed by atoms with E-state index in [1.54, 1.807) is 55.5 Å². The van der Waals surface area contributed by atoms with E-state index in [4.69, 9.17) is 9.47 Å². The highest BCUT2D eigenvalue weighted by Gasteiger charge is 2.35. The van der Waals surface area contributed by atoms with Gasteiger partial charge in [-0.05, 0) is 72.5 Å². The number of rotatable bonds is 10. The van der Waals surface area contributed by atoms with Crippen molar-refractivity contribution >= 4 is 21.4 Å². The van der Waals surface area contributed by atoms with Gasteiger partial charge in [-0.1, -0.05) is 31.2 Å². The molecule has 11 heteroatoms. The predicted octanol–water partition coefficient (Wildman–Crippen LogP) is 5.60. The van der Waals surface area contributed by atoms with Crippen LogP contribution < -0.4 is 10.2 Å². The molecule has 43 heavy (non-hydrogen) atoms. The number of hydrogen-bond donors (Lipinski definition) is 1. The van der Waals surface area contributed by atoms with Crippen molar-refractivity contribution in [3.8, 4) is 0 Å². The molecule has 0 aromatic heterocycles. The summed E-state index contributed by atoms with van der Waals surface area (Å²) in [7, 11) is -3.28. The van der Waals surface area contributed by atoms with Crippen molar-refractivity contribution < 1.29 is 35.9 Å². The highest BCUT2D eigenvalue weighted by Crippen LogP contribution is 2.37. The Morgan fingerprint density at radius 3 is 2.33 bits per heavy atom. The molecule has 2 fully saturated rings. The second kappa shape index (κ2) is 13.1. The first kappa shape index (κ1) is 31.0. The lowest BCUT2D eigenvalue weighted by Crippen LogP contribution is -2.34. The number of benzene rings is 3. The summed E-state index contributed by atoms with van der Waals surface area (Å²) in [4.78, 5) is 15.3. The van der Waals surface area contributed by atoms with Gasteiger partial charge in [0.15, 0.2) is 9.84 Å². The third-order valence-corrected chi connectivity index (χ3v) is 9.86. The number of alkyl halides is 3. The second-order valence-electron chi connectivity index (χ2n) is 11.0. The van der Waals surface area contributed by atoms with Gasteiger partial charge in [-0.2, -0.15) is 13.2 Å². The van der Waals surface area contributed by atoms with Crippen LogP contribution in [0.5, 0.6) is 0 Å². The first-order valence-corrected chi connectivity index (χ1v) is 16.0. The van der Waals surface area contributed by atoms with Gasteiger partial charge in [0.2, 0.25) is 0 Å². The standard InChI is InChI=1S/C32H35F3N2O5S/c1-2-43(39,40)30-13-3-22(4-14-30)18-36-31(38)24-7-11-27(12-8-24)37-19-25(17-28(37)20-42-29-15-16-41-21-29)23-5-9-26(10-6-23)32(33,34)35/h3-14,25,28-29H,2,15-21H2,1H3,(H,36,38)/t25?,28-,29+/m0/s1. The number of nitrogens with zero attached hydrogens (tertiary/aromatic N) is 1. The number of carbonyl (C=O) groups is 1. The van der Waals surface area contributed by atoms with Crippen LogP contribution in [0.25, 0.3) is 0 Å². The maximum absolute atomic E-state index is 13.1. The fourth-order valence-corrected chi connectivity index (χ4v) is 6.42. The zero-order valence-electron chi connectivity index (χ0n) is 23.8. The summed E-state index contributed by atoms with van der Waals surface area (Å²) < 4.78 is 74.9. The van der Waals surface area contributed by atoms with Crippen LogP contribution in [-0.2, 0) is 32.0 Å². The van der Waals surface area contributed by atoms with E-state index < -0.39 is 21.6 Å². The summed E-state index contributed by atoms with van der Waals surface area (Å²) in [6.07, 6.45) is -2.79. The van der Waals surface area contributed by atoms with Crippen molar-refractivity contribution in [3.05, 3.63) is 95.1 Å². The predicted molar refractivity (Wildman–Crippen MR) is 157 cm³/mol. The lowest BCUT2D eigenvalue weighted by molar-refractivity contribution is -0.137. The van der Waals surface area contributed by atoms with Crippen LogP contribution in [-0.4, -0.2) is 58.6 Å². The molecule has 0 aliphatic carbocycles. The molecule has 3 aromatic carbocycles. The van der Waals surface area contributed by atoms with Gasteiger partial charge < -0.3 is 19.7 Å². The Morgan fingerprint density at radius 2 is 1.72 bits per heavy atom. The third kappa shape index (κ3) is 7.57. The monoisotopic (exact) mass is 616 g/mol. The first-order chi connectivity index (χ1) is 20.5. The lowest BCUT2D eigenvalue weighted by Gasteiger charge is -2.27. The van der Waals surface area contributed by atoms with Crippen LogP contribution >= 0.6 is 0 Å². The van der Waals surface area contributed by atoms with E-state index in [0.29, 0.717) is 31.9 Å². The maximum atomic E-state index is 13.1. The van der Waals surface area contributed by atoms with Crippen molar-refractivity contribution in [2.45, 2.75) is 55.4 Å². The number of sulfone groups is 1. The van der Waals surface area contributed by atoms with Crippen molar-refractivity contribution in [1.29, 1.82) is 0 Å². The largest absolute Gasteiger partial charge is 0.416 e. The molecule has 7 nitrogen and oxygen atoms in total. The zero-order chi connectivity index (χ0) is 30.6. The molecular weight excluding hydrogens is 581 g/mol. The minimum absolute atomic E-state index is 0.00654. The molecule has 1 N–H and O–H groups in total. The van der Waals surface area contributed by atoms with Crippen LogP contribution in [0.2, 0.25) is 0 Å². The van der Waals surface area contributed by atoms with E-state index >= 15 is 0 Å². The van der Waals surface area contributed by atoms with Crippen molar-refractivity contribution in [2.75, 3.05) is 37.0 Å². The summed E-state index contributed by atoms with van der Waals surface area (Å²) in [6.45, 7) is 4.14. The topological polar surface area (TPSA) is 84.9 Å². The average molecular weight is 617 g/mol. The Morgan fingerprint density at radius 1 is 1.02 bits per heavy atom. The molecule has 0 radical (unpaired) electrons. The summed E-state index contributed by atoms with van der Waals surface area (Å²) in [5.74, 6) is -0.213. The SMILES string of the molecule is CCS(=O)(=O)c1ccc(CNC(=O)c2ccc(N3CC(c4ccc(C(F)(F)F)cc4)C[C@H]3CO[C@@H]3CCOC3)cc2)cc1. The number of amides is 1. The van der Waals surface area contributed by atoms with Crippen LogP contribution in [0.1, 0.15) is 52.7 Å². The molecule has 0 bridgehead atoms. The van der Waals surface area contributed by atoms with E-state index in [1.165, 1.54) is 0 Å². The molecule has 2 saturated heterocycles. The molecule has 3 aromatic rings. The molecule has 1 unspecified atom stereocenters. The average Bonchev–Trinajstić information content (AvgIpc) is 3.69. The number of ether oxygens (including phenoxy) is 2. The summed E-state index contributed by atoms with van der Waals surface area (Å²) in [5.41, 5.74) is 2.34. The van der Waals surface area contributed by atoms with Gasteiger partial charge in [0.1, 0.15) is 0 Å². The molecule has 2 heterocycles. The molecule has 0 saturated carbocycles. The number of halogens is 3. The number of carbonyl (C=O) groups excluding carboxylic acids is 1. The zero-order valence-corrected chi connectivity index (χ0v) is 24.7. The fraction of sp³-hybridized carbons (Fsp3) is 0.406. The van der Waals surface area contributed by atoms with Crippen LogP contribution in [0.15, 0.2) is 77.7 Å². The van der Waals surface area contributed by atoms with Gasteiger partial charge in [-0.15, -0.1) is 0 Å². The first-order valence-electron chi connectivity index (χ1n) is 14.4.